The molecule has 0 amide bonds. The van der Waals surface area contributed by atoms with Gasteiger partial charge in [-0.1, -0.05) is 23.2 Å². The van der Waals surface area contributed by atoms with Gasteiger partial charge in [0.2, 0.25) is 5.88 Å². The molecule has 0 aliphatic rings. The number of pyridine rings is 1. The van der Waals surface area contributed by atoms with Gasteiger partial charge in [0, 0.05) is 11.2 Å². The number of nitrogens with two attached hydrogens (primary N) is 1. The van der Waals surface area contributed by atoms with Crippen LogP contribution in [0.2, 0.25) is 10.0 Å². The van der Waals surface area contributed by atoms with E-state index in [2.05, 4.69) is 4.98 Å². The fourth-order valence-electron chi connectivity index (χ4n) is 1.14. The second-order valence-electron chi connectivity index (χ2n) is 3.10. The van der Waals surface area contributed by atoms with Crippen LogP contribution >= 0.6 is 23.2 Å². The van der Waals surface area contributed by atoms with Crippen LogP contribution in [0, 0.1) is 0 Å². The minimum atomic E-state index is 0.326. The Kier molecular flexibility index (Phi) is 3.17. The average molecular weight is 255 g/mol. The summed E-state index contributed by atoms with van der Waals surface area (Å²) in [5.74, 6) is 0.942. The molecule has 0 saturated carbocycles. The van der Waals surface area contributed by atoms with E-state index in [0.717, 1.165) is 0 Å². The first-order valence-corrected chi connectivity index (χ1v) is 5.25. The van der Waals surface area contributed by atoms with Crippen LogP contribution in [-0.4, -0.2) is 4.98 Å². The predicted molar refractivity (Wildman–Crippen MR) is 65.2 cm³/mol. The number of nitrogens with zero attached hydrogens (tertiary/aromatic N) is 1. The lowest BCUT2D eigenvalue weighted by molar-refractivity contribution is 0.465. The van der Waals surface area contributed by atoms with Gasteiger partial charge in [-0.25, -0.2) is 4.98 Å². The standard InChI is InChI=1S/C11H8Cl2N2O/c12-7-1-3-9(4-2-7)16-11-10(14)5-8(13)6-15-11/h1-6H,14H2. The van der Waals surface area contributed by atoms with Crippen LogP contribution in [-0.2, 0) is 0 Å². The van der Waals surface area contributed by atoms with Crippen molar-refractivity contribution in [2.24, 2.45) is 0 Å². The van der Waals surface area contributed by atoms with E-state index in [4.69, 9.17) is 33.7 Å². The third kappa shape index (κ3) is 2.56. The maximum atomic E-state index is 5.75. The lowest BCUT2D eigenvalue weighted by atomic mass is 10.3. The number of hydrogen-bond acceptors (Lipinski definition) is 3. The first kappa shape index (κ1) is 11.0. The van der Waals surface area contributed by atoms with Gasteiger partial charge in [-0.05, 0) is 30.3 Å². The fourth-order valence-corrected chi connectivity index (χ4v) is 1.43. The van der Waals surface area contributed by atoms with E-state index in [1.54, 1.807) is 30.3 Å². The number of benzene rings is 1. The molecular formula is C11H8Cl2N2O. The lowest BCUT2D eigenvalue weighted by Crippen LogP contribution is -1.94. The summed E-state index contributed by atoms with van der Waals surface area (Å²) in [4.78, 5) is 3.98. The normalized spacial score (nSPS) is 10.1. The second-order valence-corrected chi connectivity index (χ2v) is 3.98. The number of anilines is 1. The molecule has 0 radical (unpaired) electrons. The van der Waals surface area contributed by atoms with Gasteiger partial charge < -0.3 is 10.5 Å². The van der Waals surface area contributed by atoms with Crippen molar-refractivity contribution < 1.29 is 4.74 Å². The van der Waals surface area contributed by atoms with Crippen molar-refractivity contribution in [2.45, 2.75) is 0 Å². The largest absolute Gasteiger partial charge is 0.437 e. The molecule has 0 atom stereocenters. The number of halogens is 2. The van der Waals surface area contributed by atoms with Crippen molar-refractivity contribution in [1.82, 2.24) is 4.98 Å². The van der Waals surface area contributed by atoms with E-state index in [0.29, 0.717) is 27.4 Å². The molecule has 82 valence electrons. The van der Waals surface area contributed by atoms with Crippen molar-refractivity contribution in [3.05, 3.63) is 46.6 Å². The van der Waals surface area contributed by atoms with Gasteiger partial charge in [-0.15, -0.1) is 0 Å². The van der Waals surface area contributed by atoms with Crippen LogP contribution in [0.5, 0.6) is 11.6 Å². The van der Waals surface area contributed by atoms with Crippen molar-refractivity contribution in [3.63, 3.8) is 0 Å². The Morgan fingerprint density at radius 3 is 2.38 bits per heavy atom. The van der Waals surface area contributed by atoms with E-state index in [9.17, 15) is 0 Å². The molecule has 2 aromatic rings. The molecule has 1 aromatic carbocycles. The zero-order chi connectivity index (χ0) is 11.5. The van der Waals surface area contributed by atoms with Crippen LogP contribution in [0.3, 0.4) is 0 Å². The van der Waals surface area contributed by atoms with Crippen LogP contribution in [0.25, 0.3) is 0 Å². The molecule has 1 aromatic heterocycles. The Balaban J connectivity index is 2.23. The smallest absolute Gasteiger partial charge is 0.242 e. The number of ether oxygens (including phenoxy) is 1. The Morgan fingerprint density at radius 1 is 1.06 bits per heavy atom. The predicted octanol–water partition coefficient (Wildman–Crippen LogP) is 3.76. The van der Waals surface area contributed by atoms with Crippen molar-refractivity contribution >= 4 is 28.9 Å². The highest BCUT2D eigenvalue weighted by atomic mass is 35.5. The summed E-state index contributed by atoms with van der Waals surface area (Å²) >= 11 is 11.5. The third-order valence-electron chi connectivity index (χ3n) is 1.87. The molecule has 1 heterocycles. The molecule has 5 heteroatoms. The molecule has 0 bridgehead atoms. The second kappa shape index (κ2) is 4.60. The highest BCUT2D eigenvalue weighted by Crippen LogP contribution is 2.27. The number of rotatable bonds is 2. The lowest BCUT2D eigenvalue weighted by Gasteiger charge is -2.07. The van der Waals surface area contributed by atoms with Gasteiger partial charge in [0.1, 0.15) is 5.75 Å². The van der Waals surface area contributed by atoms with Crippen LogP contribution in [0.4, 0.5) is 5.69 Å². The minimum absolute atomic E-state index is 0.326. The molecule has 0 saturated heterocycles. The summed E-state index contributed by atoms with van der Waals surface area (Å²) in [7, 11) is 0. The van der Waals surface area contributed by atoms with Gasteiger partial charge in [-0.3, -0.25) is 0 Å². The van der Waals surface area contributed by atoms with Crippen LogP contribution in [0.15, 0.2) is 36.5 Å². The molecule has 0 unspecified atom stereocenters. The van der Waals surface area contributed by atoms with Crippen molar-refractivity contribution in [1.29, 1.82) is 0 Å². The first-order chi connectivity index (χ1) is 7.65. The van der Waals surface area contributed by atoms with Gasteiger partial charge in [0.05, 0.1) is 10.7 Å². The molecule has 0 aliphatic heterocycles. The summed E-state index contributed by atoms with van der Waals surface area (Å²) in [5, 5.41) is 1.12. The summed E-state index contributed by atoms with van der Waals surface area (Å²) in [6.45, 7) is 0. The molecular weight excluding hydrogens is 247 g/mol. The zero-order valence-electron chi connectivity index (χ0n) is 8.15. The summed E-state index contributed by atoms with van der Waals surface area (Å²) in [6.07, 6.45) is 1.48. The Labute approximate surface area is 103 Å². The van der Waals surface area contributed by atoms with E-state index in [1.807, 2.05) is 0 Å². The number of nitrogen functional groups attached to an aromatic ring is 1. The van der Waals surface area contributed by atoms with E-state index in [1.165, 1.54) is 6.20 Å². The molecule has 16 heavy (non-hydrogen) atoms. The Bertz CT molecular complexity index is 500. The Morgan fingerprint density at radius 2 is 1.75 bits per heavy atom. The topological polar surface area (TPSA) is 48.1 Å². The monoisotopic (exact) mass is 254 g/mol. The maximum Gasteiger partial charge on any atom is 0.242 e. The highest BCUT2D eigenvalue weighted by Gasteiger charge is 2.04. The number of aromatic nitrogens is 1. The molecule has 2 rings (SSSR count). The van der Waals surface area contributed by atoms with Gasteiger partial charge in [0.15, 0.2) is 0 Å². The molecule has 0 spiro atoms. The average Bonchev–Trinajstić information content (AvgIpc) is 2.25. The summed E-state index contributed by atoms with van der Waals surface area (Å²) in [6, 6.07) is 8.50. The molecule has 0 fully saturated rings. The third-order valence-corrected chi connectivity index (χ3v) is 2.33. The SMILES string of the molecule is Nc1cc(Cl)cnc1Oc1ccc(Cl)cc1. The highest BCUT2D eigenvalue weighted by molar-refractivity contribution is 6.31. The molecule has 3 nitrogen and oxygen atoms in total. The maximum absolute atomic E-state index is 5.75. The zero-order valence-corrected chi connectivity index (χ0v) is 9.66. The minimum Gasteiger partial charge on any atom is -0.437 e. The first-order valence-electron chi connectivity index (χ1n) is 4.49. The van der Waals surface area contributed by atoms with Crippen LogP contribution < -0.4 is 10.5 Å². The van der Waals surface area contributed by atoms with E-state index < -0.39 is 0 Å². The Hall–Kier alpha value is -1.45. The molecule has 2 N–H and O–H groups in total. The number of hydrogen-bond donors (Lipinski definition) is 1. The fraction of sp³-hybridized carbons (Fsp3) is 0. The van der Waals surface area contributed by atoms with Gasteiger partial charge in [-0.2, -0.15) is 0 Å². The van der Waals surface area contributed by atoms with Gasteiger partial charge >= 0.3 is 0 Å². The van der Waals surface area contributed by atoms with E-state index in [-0.39, 0.29) is 0 Å². The summed E-state index contributed by atoms with van der Waals surface area (Å²) in [5.41, 5.74) is 6.09. The van der Waals surface area contributed by atoms with E-state index >= 15 is 0 Å². The summed E-state index contributed by atoms with van der Waals surface area (Å²) < 4.78 is 5.47. The van der Waals surface area contributed by atoms with Crippen molar-refractivity contribution in [2.75, 3.05) is 5.73 Å². The van der Waals surface area contributed by atoms with Crippen molar-refractivity contribution in [3.8, 4) is 11.6 Å². The van der Waals surface area contributed by atoms with Crippen LogP contribution in [0.1, 0.15) is 0 Å². The molecule has 0 aliphatic carbocycles. The van der Waals surface area contributed by atoms with Gasteiger partial charge in [0.25, 0.3) is 0 Å². The quantitative estimate of drug-likeness (QED) is 0.888.